The van der Waals surface area contributed by atoms with Gasteiger partial charge in [-0.1, -0.05) is 52.8 Å². The largest absolute Gasteiger partial charge is 0.356 e. The number of carbonyl (C=O) groups excluding carboxylic acids is 2. The lowest BCUT2D eigenvalue weighted by Gasteiger charge is -2.27. The van der Waals surface area contributed by atoms with Crippen molar-refractivity contribution < 1.29 is 9.59 Å². The summed E-state index contributed by atoms with van der Waals surface area (Å²) in [5.74, 6) is 0.477. The van der Waals surface area contributed by atoms with Gasteiger partial charge in [-0.15, -0.1) is 0 Å². The molecule has 1 aliphatic rings. The second kappa shape index (κ2) is 7.82. The molecule has 0 spiro atoms. The monoisotopic (exact) mass is 330 g/mol. The topological polar surface area (TPSA) is 49.4 Å². The second-order valence-electron chi connectivity index (χ2n) is 7.29. The summed E-state index contributed by atoms with van der Waals surface area (Å²) in [6.45, 7) is 11.8. The lowest BCUT2D eigenvalue weighted by Crippen LogP contribution is -2.34. The standard InChI is InChI=1S/C20H30N2O2/c1-6-10-21-20(24)15-11-18(23)22(12-15)19-16(13(2)3)8-7-9-17(19)14(4)5/h7-9,13-15H,6,10-12H2,1-5H3,(H,21,24). The third kappa shape index (κ3) is 3.80. The summed E-state index contributed by atoms with van der Waals surface area (Å²) < 4.78 is 0. The van der Waals surface area contributed by atoms with Crippen LogP contribution in [0.15, 0.2) is 18.2 Å². The Morgan fingerprint density at radius 3 is 2.29 bits per heavy atom. The average Bonchev–Trinajstić information content (AvgIpc) is 2.93. The molecule has 1 fully saturated rings. The fraction of sp³-hybridized carbons (Fsp3) is 0.600. The van der Waals surface area contributed by atoms with Crippen LogP contribution in [-0.2, 0) is 9.59 Å². The molecule has 1 atom stereocenters. The lowest BCUT2D eigenvalue weighted by atomic mass is 9.92. The minimum absolute atomic E-state index is 0.000764. The van der Waals surface area contributed by atoms with Gasteiger partial charge in [0.05, 0.1) is 11.6 Å². The lowest BCUT2D eigenvalue weighted by molar-refractivity contribution is -0.126. The first-order chi connectivity index (χ1) is 11.4. The first-order valence-electron chi connectivity index (χ1n) is 9.07. The summed E-state index contributed by atoms with van der Waals surface area (Å²) in [6.07, 6.45) is 1.21. The molecule has 0 aromatic heterocycles. The molecule has 2 amide bonds. The van der Waals surface area contributed by atoms with E-state index in [2.05, 4.69) is 51.2 Å². The SMILES string of the molecule is CCCNC(=O)C1CC(=O)N(c2c(C(C)C)cccc2C(C)C)C1. The van der Waals surface area contributed by atoms with Crippen molar-refractivity contribution in [2.75, 3.05) is 18.0 Å². The normalized spacial score (nSPS) is 17.9. The van der Waals surface area contributed by atoms with E-state index in [1.54, 1.807) is 0 Å². The van der Waals surface area contributed by atoms with Crippen LogP contribution >= 0.6 is 0 Å². The van der Waals surface area contributed by atoms with Crippen LogP contribution in [0.2, 0.25) is 0 Å². The molecule has 1 heterocycles. The Labute approximate surface area is 145 Å². The summed E-state index contributed by atoms with van der Waals surface area (Å²) in [5.41, 5.74) is 3.40. The minimum Gasteiger partial charge on any atom is -0.356 e. The van der Waals surface area contributed by atoms with Gasteiger partial charge in [0.1, 0.15) is 0 Å². The first kappa shape index (κ1) is 18.5. The zero-order chi connectivity index (χ0) is 17.9. The molecule has 1 aromatic carbocycles. The van der Waals surface area contributed by atoms with Crippen molar-refractivity contribution in [2.24, 2.45) is 5.92 Å². The van der Waals surface area contributed by atoms with Gasteiger partial charge in [-0.25, -0.2) is 0 Å². The van der Waals surface area contributed by atoms with Crippen molar-refractivity contribution >= 4 is 17.5 Å². The molecule has 2 rings (SSSR count). The molecule has 0 aliphatic carbocycles. The summed E-state index contributed by atoms with van der Waals surface area (Å²) in [5, 5.41) is 2.92. The van der Waals surface area contributed by atoms with Crippen LogP contribution in [0.25, 0.3) is 0 Å². The number of amides is 2. The van der Waals surface area contributed by atoms with E-state index in [0.29, 0.717) is 31.3 Å². The number of carbonyl (C=O) groups is 2. The molecule has 4 nitrogen and oxygen atoms in total. The zero-order valence-electron chi connectivity index (χ0n) is 15.6. The number of nitrogens with one attached hydrogen (secondary N) is 1. The van der Waals surface area contributed by atoms with Gasteiger partial charge in [-0.2, -0.15) is 0 Å². The number of hydrogen-bond acceptors (Lipinski definition) is 2. The number of anilines is 1. The van der Waals surface area contributed by atoms with Gasteiger partial charge < -0.3 is 10.2 Å². The third-order valence-corrected chi connectivity index (χ3v) is 4.66. The molecular weight excluding hydrogens is 300 g/mol. The van der Waals surface area contributed by atoms with Crippen LogP contribution in [0.1, 0.15) is 70.4 Å². The Morgan fingerprint density at radius 2 is 1.79 bits per heavy atom. The van der Waals surface area contributed by atoms with E-state index in [-0.39, 0.29) is 17.7 Å². The fourth-order valence-corrected chi connectivity index (χ4v) is 3.32. The Hall–Kier alpha value is -1.84. The highest BCUT2D eigenvalue weighted by Gasteiger charge is 2.37. The van der Waals surface area contributed by atoms with Crippen molar-refractivity contribution in [1.82, 2.24) is 5.32 Å². The quantitative estimate of drug-likeness (QED) is 0.862. The third-order valence-electron chi connectivity index (χ3n) is 4.66. The Kier molecular flexibility index (Phi) is 6.03. The molecule has 0 bridgehead atoms. The maximum Gasteiger partial charge on any atom is 0.227 e. The Bertz CT molecular complexity index is 581. The van der Waals surface area contributed by atoms with E-state index in [1.165, 1.54) is 11.1 Å². The molecule has 132 valence electrons. The van der Waals surface area contributed by atoms with Gasteiger partial charge in [-0.3, -0.25) is 9.59 Å². The van der Waals surface area contributed by atoms with Gasteiger partial charge in [0.25, 0.3) is 0 Å². The van der Waals surface area contributed by atoms with Gasteiger partial charge in [0, 0.05) is 19.5 Å². The second-order valence-corrected chi connectivity index (χ2v) is 7.29. The van der Waals surface area contributed by atoms with Crippen molar-refractivity contribution in [3.05, 3.63) is 29.3 Å². The Balaban J connectivity index is 2.34. The zero-order valence-corrected chi connectivity index (χ0v) is 15.6. The van der Waals surface area contributed by atoms with Crippen LogP contribution in [0, 0.1) is 5.92 Å². The molecule has 1 aliphatic heterocycles. The van der Waals surface area contributed by atoms with E-state index in [4.69, 9.17) is 0 Å². The molecule has 1 aromatic rings. The van der Waals surface area contributed by atoms with E-state index in [1.807, 2.05) is 11.8 Å². The van der Waals surface area contributed by atoms with Crippen molar-refractivity contribution in [2.45, 2.75) is 59.3 Å². The average molecular weight is 330 g/mol. The highest BCUT2D eigenvalue weighted by atomic mass is 16.2. The molecular formula is C20H30N2O2. The predicted octanol–water partition coefficient (Wildman–Crippen LogP) is 3.81. The maximum absolute atomic E-state index is 12.7. The number of rotatable bonds is 6. The van der Waals surface area contributed by atoms with Crippen molar-refractivity contribution in [3.8, 4) is 0 Å². The van der Waals surface area contributed by atoms with Crippen LogP contribution in [0.4, 0.5) is 5.69 Å². The molecule has 1 saturated heterocycles. The molecule has 1 unspecified atom stereocenters. The van der Waals surface area contributed by atoms with E-state index in [0.717, 1.165) is 12.1 Å². The van der Waals surface area contributed by atoms with Crippen LogP contribution in [0.3, 0.4) is 0 Å². The molecule has 4 heteroatoms. The van der Waals surface area contributed by atoms with Gasteiger partial charge >= 0.3 is 0 Å². The van der Waals surface area contributed by atoms with Crippen molar-refractivity contribution in [3.63, 3.8) is 0 Å². The summed E-state index contributed by atoms with van der Waals surface area (Å²) in [4.78, 5) is 26.8. The number of para-hydroxylation sites is 1. The first-order valence-corrected chi connectivity index (χ1v) is 9.07. The van der Waals surface area contributed by atoms with E-state index < -0.39 is 0 Å². The highest BCUT2D eigenvalue weighted by molar-refractivity contribution is 6.01. The predicted molar refractivity (Wildman–Crippen MR) is 98.4 cm³/mol. The number of nitrogens with zero attached hydrogens (tertiary/aromatic N) is 1. The minimum atomic E-state index is -0.246. The summed E-state index contributed by atoms with van der Waals surface area (Å²) in [6, 6.07) is 6.27. The highest BCUT2D eigenvalue weighted by Crippen LogP contribution is 2.38. The molecule has 0 saturated carbocycles. The van der Waals surface area contributed by atoms with Gasteiger partial charge in [0.2, 0.25) is 11.8 Å². The Morgan fingerprint density at radius 1 is 1.21 bits per heavy atom. The van der Waals surface area contributed by atoms with Crippen LogP contribution in [0.5, 0.6) is 0 Å². The van der Waals surface area contributed by atoms with E-state index >= 15 is 0 Å². The fourth-order valence-electron chi connectivity index (χ4n) is 3.32. The van der Waals surface area contributed by atoms with Crippen LogP contribution < -0.4 is 10.2 Å². The van der Waals surface area contributed by atoms with Gasteiger partial charge in [0.15, 0.2) is 0 Å². The summed E-state index contributed by atoms with van der Waals surface area (Å²) >= 11 is 0. The van der Waals surface area contributed by atoms with E-state index in [9.17, 15) is 9.59 Å². The molecule has 0 radical (unpaired) electrons. The number of benzene rings is 1. The van der Waals surface area contributed by atoms with Crippen LogP contribution in [-0.4, -0.2) is 24.9 Å². The van der Waals surface area contributed by atoms with Gasteiger partial charge in [-0.05, 0) is 29.4 Å². The maximum atomic E-state index is 12.7. The number of hydrogen-bond donors (Lipinski definition) is 1. The summed E-state index contributed by atoms with van der Waals surface area (Å²) in [7, 11) is 0. The van der Waals surface area contributed by atoms with Crippen molar-refractivity contribution in [1.29, 1.82) is 0 Å². The molecule has 24 heavy (non-hydrogen) atoms. The smallest absolute Gasteiger partial charge is 0.227 e. The molecule has 1 N–H and O–H groups in total.